The smallest absolute Gasteiger partial charge is 0.246 e. The van der Waals surface area contributed by atoms with Crippen LogP contribution >= 0.6 is 0 Å². The Morgan fingerprint density at radius 3 is 2.88 bits per heavy atom. The number of rotatable bonds is 6. The molecule has 92 valence electrons. The lowest BCUT2D eigenvalue weighted by Crippen LogP contribution is -2.35. The highest BCUT2D eigenvalue weighted by Gasteiger charge is 2.23. The van der Waals surface area contributed by atoms with Crippen LogP contribution in [0.4, 0.5) is 0 Å². The second kappa shape index (κ2) is 6.21. The van der Waals surface area contributed by atoms with Gasteiger partial charge < -0.3 is 15.4 Å². The fraction of sp³-hybridized carbons (Fsp3) is 0.917. The quantitative estimate of drug-likeness (QED) is 0.659. The van der Waals surface area contributed by atoms with Gasteiger partial charge in [-0.25, -0.2) is 0 Å². The first-order chi connectivity index (χ1) is 7.84. The van der Waals surface area contributed by atoms with Gasteiger partial charge in [0.25, 0.3) is 0 Å². The topological polar surface area (TPSA) is 50.4 Å². The van der Waals surface area contributed by atoms with E-state index in [1.54, 1.807) is 0 Å². The number of piperidine rings is 1. The molecule has 1 saturated heterocycles. The first-order valence-corrected chi connectivity index (χ1v) is 6.45. The Labute approximate surface area is 97.1 Å². The number of hydrogen-bond donors (Lipinski definition) is 2. The maximum absolute atomic E-state index is 11.3. The first kappa shape index (κ1) is 11.9. The predicted octanol–water partition coefficient (Wildman–Crippen LogP) is 0.814. The summed E-state index contributed by atoms with van der Waals surface area (Å²) in [6, 6.07) is 1.04. The number of carbonyl (C=O) groups is 1. The van der Waals surface area contributed by atoms with Gasteiger partial charge in [0.05, 0.1) is 0 Å². The van der Waals surface area contributed by atoms with Crippen LogP contribution in [0.3, 0.4) is 0 Å². The van der Waals surface area contributed by atoms with Crippen molar-refractivity contribution in [1.29, 1.82) is 0 Å². The third-order valence-electron chi connectivity index (χ3n) is 3.20. The van der Waals surface area contributed by atoms with Gasteiger partial charge in [-0.05, 0) is 38.6 Å². The normalized spacial score (nSPS) is 25.4. The summed E-state index contributed by atoms with van der Waals surface area (Å²) in [6.07, 6.45) is 7.16. The highest BCUT2D eigenvalue weighted by molar-refractivity contribution is 5.77. The Morgan fingerprint density at radius 1 is 1.31 bits per heavy atom. The Morgan fingerprint density at radius 2 is 2.19 bits per heavy atom. The third kappa shape index (κ3) is 4.49. The Balaban J connectivity index is 1.45. The SMILES string of the molecule is O=C(COCCC1CCCCN1)NC1CC1. The fourth-order valence-electron chi connectivity index (χ4n) is 2.06. The van der Waals surface area contributed by atoms with E-state index in [4.69, 9.17) is 4.74 Å². The molecule has 16 heavy (non-hydrogen) atoms. The Bertz CT molecular complexity index is 223. The van der Waals surface area contributed by atoms with Gasteiger partial charge >= 0.3 is 0 Å². The molecule has 2 fully saturated rings. The summed E-state index contributed by atoms with van der Waals surface area (Å²) < 4.78 is 5.37. The highest BCUT2D eigenvalue weighted by Crippen LogP contribution is 2.18. The predicted molar refractivity (Wildman–Crippen MR) is 62.2 cm³/mol. The Hall–Kier alpha value is -0.610. The summed E-state index contributed by atoms with van der Waals surface area (Å²) in [4.78, 5) is 11.3. The number of amides is 1. The van der Waals surface area contributed by atoms with E-state index in [2.05, 4.69) is 10.6 Å². The summed E-state index contributed by atoms with van der Waals surface area (Å²) in [5, 5.41) is 6.38. The largest absolute Gasteiger partial charge is 0.372 e. The number of carbonyl (C=O) groups excluding carboxylic acids is 1. The molecule has 1 aliphatic carbocycles. The monoisotopic (exact) mass is 226 g/mol. The second-order valence-corrected chi connectivity index (χ2v) is 4.83. The van der Waals surface area contributed by atoms with Crippen molar-refractivity contribution in [2.24, 2.45) is 0 Å². The van der Waals surface area contributed by atoms with Crippen molar-refractivity contribution in [3.63, 3.8) is 0 Å². The van der Waals surface area contributed by atoms with E-state index in [1.165, 1.54) is 19.3 Å². The van der Waals surface area contributed by atoms with Crippen molar-refractivity contribution in [1.82, 2.24) is 10.6 Å². The number of ether oxygens (including phenoxy) is 1. The molecule has 4 nitrogen and oxygen atoms in total. The zero-order valence-corrected chi connectivity index (χ0v) is 9.84. The minimum absolute atomic E-state index is 0.0408. The molecule has 2 N–H and O–H groups in total. The molecule has 1 aliphatic heterocycles. The molecule has 1 amide bonds. The van der Waals surface area contributed by atoms with E-state index < -0.39 is 0 Å². The zero-order chi connectivity index (χ0) is 11.2. The van der Waals surface area contributed by atoms with Crippen LogP contribution in [0, 0.1) is 0 Å². The number of nitrogens with one attached hydrogen (secondary N) is 2. The van der Waals surface area contributed by atoms with Crippen molar-refractivity contribution >= 4 is 5.91 Å². The van der Waals surface area contributed by atoms with E-state index in [-0.39, 0.29) is 12.5 Å². The molecule has 2 rings (SSSR count). The maximum Gasteiger partial charge on any atom is 0.246 e. The van der Waals surface area contributed by atoms with Crippen molar-refractivity contribution in [2.75, 3.05) is 19.8 Å². The molecule has 0 spiro atoms. The number of hydrogen-bond acceptors (Lipinski definition) is 3. The van der Waals surface area contributed by atoms with Gasteiger partial charge in [0, 0.05) is 18.7 Å². The zero-order valence-electron chi connectivity index (χ0n) is 9.84. The molecule has 1 unspecified atom stereocenters. The van der Waals surface area contributed by atoms with Crippen LogP contribution in [0.25, 0.3) is 0 Å². The van der Waals surface area contributed by atoms with Crippen LogP contribution < -0.4 is 10.6 Å². The van der Waals surface area contributed by atoms with Crippen molar-refractivity contribution in [3.05, 3.63) is 0 Å². The molecular weight excluding hydrogens is 204 g/mol. The van der Waals surface area contributed by atoms with E-state index in [0.717, 1.165) is 25.8 Å². The molecule has 0 radical (unpaired) electrons. The lowest BCUT2D eigenvalue weighted by molar-refractivity contribution is -0.125. The maximum atomic E-state index is 11.3. The van der Waals surface area contributed by atoms with Crippen molar-refractivity contribution < 1.29 is 9.53 Å². The minimum Gasteiger partial charge on any atom is -0.372 e. The third-order valence-corrected chi connectivity index (χ3v) is 3.20. The average Bonchev–Trinajstić information content (AvgIpc) is 3.10. The molecule has 1 saturated carbocycles. The van der Waals surface area contributed by atoms with Crippen LogP contribution in [0.5, 0.6) is 0 Å². The summed E-state index contributed by atoms with van der Waals surface area (Å²) in [7, 11) is 0. The molecule has 0 aromatic heterocycles. The van der Waals surface area contributed by atoms with Crippen molar-refractivity contribution in [2.45, 2.75) is 50.6 Å². The summed E-state index contributed by atoms with van der Waals surface area (Å²) in [5.74, 6) is 0.0408. The molecular formula is C12H22N2O2. The molecule has 1 atom stereocenters. The van der Waals surface area contributed by atoms with Gasteiger partial charge in [0.2, 0.25) is 5.91 Å². The van der Waals surface area contributed by atoms with Gasteiger partial charge in [-0.3, -0.25) is 4.79 Å². The van der Waals surface area contributed by atoms with Crippen LogP contribution in [0.15, 0.2) is 0 Å². The van der Waals surface area contributed by atoms with Crippen LogP contribution in [0.1, 0.15) is 38.5 Å². The van der Waals surface area contributed by atoms with Crippen LogP contribution in [-0.4, -0.2) is 37.7 Å². The molecule has 4 heteroatoms. The van der Waals surface area contributed by atoms with Gasteiger partial charge in [-0.2, -0.15) is 0 Å². The molecule has 1 heterocycles. The average molecular weight is 226 g/mol. The molecule has 2 aliphatic rings. The van der Waals surface area contributed by atoms with Crippen molar-refractivity contribution in [3.8, 4) is 0 Å². The molecule has 0 aromatic carbocycles. The summed E-state index contributed by atoms with van der Waals surface area (Å²) in [5.41, 5.74) is 0. The van der Waals surface area contributed by atoms with Gasteiger partial charge in [0.1, 0.15) is 6.61 Å². The lowest BCUT2D eigenvalue weighted by Gasteiger charge is -2.23. The van der Waals surface area contributed by atoms with Gasteiger partial charge in [0.15, 0.2) is 0 Å². The first-order valence-electron chi connectivity index (χ1n) is 6.45. The van der Waals surface area contributed by atoms with Gasteiger partial charge in [-0.1, -0.05) is 6.42 Å². The van der Waals surface area contributed by atoms with Gasteiger partial charge in [-0.15, -0.1) is 0 Å². The van der Waals surface area contributed by atoms with E-state index in [9.17, 15) is 4.79 Å². The van der Waals surface area contributed by atoms with E-state index in [1.807, 2.05) is 0 Å². The molecule has 0 aromatic rings. The lowest BCUT2D eigenvalue weighted by atomic mass is 10.0. The van der Waals surface area contributed by atoms with Crippen LogP contribution in [-0.2, 0) is 9.53 Å². The fourth-order valence-corrected chi connectivity index (χ4v) is 2.06. The van der Waals surface area contributed by atoms with E-state index in [0.29, 0.717) is 18.7 Å². The van der Waals surface area contributed by atoms with Crippen LogP contribution in [0.2, 0.25) is 0 Å². The molecule has 0 bridgehead atoms. The highest BCUT2D eigenvalue weighted by atomic mass is 16.5. The minimum atomic E-state index is 0.0408. The van der Waals surface area contributed by atoms with E-state index >= 15 is 0 Å². The standard InChI is InChI=1S/C12H22N2O2/c15-12(14-11-4-5-11)9-16-8-6-10-3-1-2-7-13-10/h10-11,13H,1-9H2,(H,14,15). The summed E-state index contributed by atoms with van der Waals surface area (Å²) >= 11 is 0. The summed E-state index contributed by atoms with van der Waals surface area (Å²) in [6.45, 7) is 2.05. The second-order valence-electron chi connectivity index (χ2n) is 4.83. The Kier molecular flexibility index (Phi) is 4.60.